The minimum atomic E-state index is -5.35. The van der Waals surface area contributed by atoms with Crippen molar-refractivity contribution >= 4 is 12.4 Å². The van der Waals surface area contributed by atoms with Crippen molar-refractivity contribution in [3.63, 3.8) is 0 Å². The maximum Gasteiger partial charge on any atom is 1.00 e. The Morgan fingerprint density at radius 2 is 1.67 bits per heavy atom. The van der Waals surface area contributed by atoms with E-state index in [9.17, 15) is 21.7 Å². The molecule has 1 rings (SSSR count). The molecule has 0 heterocycles. The summed E-state index contributed by atoms with van der Waals surface area (Å²) in [5.74, 6) is -3.74. The van der Waals surface area contributed by atoms with Crippen LogP contribution in [0.3, 0.4) is 0 Å². The molecule has 0 aliphatic rings. The quantitative estimate of drug-likeness (QED) is 0.485. The van der Waals surface area contributed by atoms with Gasteiger partial charge in [0, 0.05) is 0 Å². The fourth-order valence-electron chi connectivity index (χ4n) is 0.921. The van der Waals surface area contributed by atoms with Crippen LogP contribution >= 0.6 is 0 Å². The van der Waals surface area contributed by atoms with Crippen LogP contribution in [0.5, 0.6) is 5.75 Å². The third kappa shape index (κ3) is 3.70. The van der Waals surface area contributed by atoms with E-state index in [1.165, 1.54) is 0 Å². The van der Waals surface area contributed by atoms with Gasteiger partial charge in [-0.05, 0) is 12.1 Å². The molecule has 0 saturated heterocycles. The molecular weight excluding hydrogens is 245 g/mol. The zero-order chi connectivity index (χ0) is 10.9. The van der Waals surface area contributed by atoms with Crippen LogP contribution in [-0.2, 0) is 0 Å². The molecule has 0 atom stereocenters. The first-order valence-electron chi connectivity index (χ1n) is 3.59. The van der Waals surface area contributed by atoms with Crippen LogP contribution in [0.2, 0.25) is 0 Å². The number of ether oxygens (including phenoxy) is 1. The third-order valence-electron chi connectivity index (χ3n) is 1.62. The number of benzene rings is 1. The molecule has 0 saturated carbocycles. The molecule has 0 N–H and O–H groups in total. The summed E-state index contributed by atoms with van der Waals surface area (Å²) in [7, 11) is 0.963. The fraction of sp³-hybridized carbons (Fsp3) is 0.143. The monoisotopic (exact) mass is 250 g/mol. The second-order valence-corrected chi connectivity index (χ2v) is 2.59. The van der Waals surface area contributed by atoms with E-state index in [1.807, 2.05) is 0 Å². The number of hydrogen-bond acceptors (Lipinski definition) is 1. The SMILES string of the molecule is COc1cc([B-](F)(F)F)cc(F)c1F.[K+]. The summed E-state index contributed by atoms with van der Waals surface area (Å²) >= 11 is 0. The summed E-state index contributed by atoms with van der Waals surface area (Å²) in [5, 5.41) is 0. The van der Waals surface area contributed by atoms with Crippen molar-refractivity contribution in [3.05, 3.63) is 23.8 Å². The van der Waals surface area contributed by atoms with E-state index in [-0.39, 0.29) is 57.5 Å². The molecule has 0 unspecified atom stereocenters. The standard InChI is InChI=1S/C7H5BF5O.K/c1-14-6-3-4(8(11,12)13)2-5(9)7(6)10;/h2-3H,1H3;/q-1;+1. The first-order chi connectivity index (χ1) is 6.36. The zero-order valence-corrected chi connectivity index (χ0v) is 11.2. The van der Waals surface area contributed by atoms with Crippen LogP contribution < -0.4 is 61.6 Å². The maximum absolute atomic E-state index is 12.7. The Labute approximate surface area is 125 Å². The van der Waals surface area contributed by atoms with Crippen LogP contribution in [0.4, 0.5) is 21.7 Å². The summed E-state index contributed by atoms with van der Waals surface area (Å²) < 4.78 is 66.0. The number of halogens is 5. The fourth-order valence-corrected chi connectivity index (χ4v) is 0.921. The molecule has 0 spiro atoms. The van der Waals surface area contributed by atoms with Crippen LogP contribution in [0.1, 0.15) is 0 Å². The second-order valence-electron chi connectivity index (χ2n) is 2.59. The third-order valence-corrected chi connectivity index (χ3v) is 1.62. The number of methoxy groups -OCH3 is 1. The van der Waals surface area contributed by atoms with Crippen LogP contribution in [0, 0.1) is 11.6 Å². The first kappa shape index (κ1) is 15.4. The van der Waals surface area contributed by atoms with Gasteiger partial charge in [-0.3, -0.25) is 0 Å². The van der Waals surface area contributed by atoms with Gasteiger partial charge >= 0.3 is 58.4 Å². The van der Waals surface area contributed by atoms with Gasteiger partial charge in [-0.2, -0.15) is 4.39 Å². The summed E-state index contributed by atoms with van der Waals surface area (Å²) in [6.45, 7) is -5.35. The Bertz CT molecular complexity index is 354. The largest absolute Gasteiger partial charge is 1.00 e. The first-order valence-corrected chi connectivity index (χ1v) is 3.59. The molecular formula is C7H5BF5KO. The zero-order valence-electron chi connectivity index (χ0n) is 8.03. The molecule has 0 radical (unpaired) electrons. The van der Waals surface area contributed by atoms with E-state index >= 15 is 0 Å². The Balaban J connectivity index is 0.00000196. The van der Waals surface area contributed by atoms with Gasteiger partial charge in [0.1, 0.15) is 0 Å². The summed E-state index contributed by atoms with van der Waals surface area (Å²) in [4.78, 5) is 0. The van der Waals surface area contributed by atoms with Crippen molar-refractivity contribution in [1.82, 2.24) is 0 Å². The Hall–Kier alpha value is 0.371. The van der Waals surface area contributed by atoms with E-state index in [0.29, 0.717) is 6.07 Å². The van der Waals surface area contributed by atoms with Crippen molar-refractivity contribution in [2.45, 2.75) is 0 Å². The van der Waals surface area contributed by atoms with Crippen molar-refractivity contribution in [1.29, 1.82) is 0 Å². The minimum Gasteiger partial charge on any atom is -0.494 e. The van der Waals surface area contributed by atoms with E-state index < -0.39 is 29.8 Å². The second kappa shape index (κ2) is 5.63. The molecule has 0 aromatic heterocycles. The van der Waals surface area contributed by atoms with Crippen LogP contribution in [-0.4, -0.2) is 14.1 Å². The van der Waals surface area contributed by atoms with Gasteiger partial charge in [-0.1, -0.05) is 0 Å². The predicted octanol–water partition coefficient (Wildman–Crippen LogP) is -0.968. The topological polar surface area (TPSA) is 9.23 Å². The molecule has 8 heteroatoms. The van der Waals surface area contributed by atoms with Crippen LogP contribution in [0.25, 0.3) is 0 Å². The minimum absolute atomic E-state index is 0. The Morgan fingerprint density at radius 3 is 2.07 bits per heavy atom. The van der Waals surface area contributed by atoms with Gasteiger partial charge in [-0.15, -0.1) is 5.46 Å². The predicted molar refractivity (Wildman–Crippen MR) is 41.6 cm³/mol. The van der Waals surface area contributed by atoms with Gasteiger partial charge in [0.15, 0.2) is 17.4 Å². The van der Waals surface area contributed by atoms with Gasteiger partial charge < -0.3 is 17.7 Å². The average molecular weight is 250 g/mol. The maximum atomic E-state index is 12.7. The van der Waals surface area contributed by atoms with E-state index in [1.54, 1.807) is 0 Å². The molecule has 0 aliphatic carbocycles. The van der Waals surface area contributed by atoms with Crippen molar-refractivity contribution in [2.75, 3.05) is 7.11 Å². The molecule has 78 valence electrons. The van der Waals surface area contributed by atoms with E-state index in [0.717, 1.165) is 7.11 Å². The van der Waals surface area contributed by atoms with Crippen molar-refractivity contribution in [2.24, 2.45) is 0 Å². The van der Waals surface area contributed by atoms with Gasteiger partial charge in [0.2, 0.25) is 0 Å². The van der Waals surface area contributed by atoms with E-state index in [4.69, 9.17) is 0 Å². The molecule has 0 bridgehead atoms. The molecule has 0 amide bonds. The molecule has 1 nitrogen and oxygen atoms in total. The van der Waals surface area contributed by atoms with Crippen LogP contribution in [0.15, 0.2) is 12.1 Å². The number of hydrogen-bond donors (Lipinski definition) is 0. The molecule has 1 aromatic rings. The molecule has 15 heavy (non-hydrogen) atoms. The summed E-state index contributed by atoms with van der Waals surface area (Å²) in [6, 6.07) is 0.538. The van der Waals surface area contributed by atoms with E-state index in [2.05, 4.69) is 4.74 Å². The summed E-state index contributed by atoms with van der Waals surface area (Å²) in [5.41, 5.74) is -1.22. The summed E-state index contributed by atoms with van der Waals surface area (Å²) in [6.07, 6.45) is 0. The Morgan fingerprint density at radius 1 is 1.13 bits per heavy atom. The number of rotatable bonds is 2. The smallest absolute Gasteiger partial charge is 0.494 e. The van der Waals surface area contributed by atoms with Gasteiger partial charge in [-0.25, -0.2) is 4.39 Å². The molecule has 0 aliphatic heterocycles. The van der Waals surface area contributed by atoms with Gasteiger partial charge in [0.05, 0.1) is 7.11 Å². The van der Waals surface area contributed by atoms with Crippen molar-refractivity contribution in [3.8, 4) is 5.75 Å². The van der Waals surface area contributed by atoms with Gasteiger partial charge in [0.25, 0.3) is 0 Å². The normalized spacial score (nSPS) is 10.8. The van der Waals surface area contributed by atoms with Crippen molar-refractivity contribution < 1.29 is 77.8 Å². The molecule has 1 aromatic carbocycles. The molecule has 0 fully saturated rings. The Kier molecular flexibility index (Phi) is 5.77. The average Bonchev–Trinajstić information content (AvgIpc) is 2.07.